The average molecular weight is 256 g/mol. The maximum absolute atomic E-state index is 5.77. The molecule has 1 saturated carbocycles. The molecule has 19 heavy (non-hydrogen) atoms. The molecule has 0 aromatic carbocycles. The van der Waals surface area contributed by atoms with E-state index in [9.17, 15) is 0 Å². The highest BCUT2D eigenvalue weighted by Crippen LogP contribution is 2.38. The standard InChI is InChI=1S/C15H20N4/c1-9(2)15-18-13(8-19(15)12-4-5-12)11-6-10(3)14(16)17-7-11/h6-9,12H,4-5H2,1-3H3,(H2,16,17). The number of hydrogen-bond acceptors (Lipinski definition) is 3. The van der Waals surface area contributed by atoms with E-state index in [2.05, 4.69) is 35.7 Å². The zero-order valence-electron chi connectivity index (χ0n) is 11.7. The number of nitrogens with two attached hydrogens (primary N) is 1. The number of anilines is 1. The zero-order chi connectivity index (χ0) is 13.6. The molecular weight excluding hydrogens is 236 g/mol. The van der Waals surface area contributed by atoms with Crippen molar-refractivity contribution >= 4 is 5.82 Å². The van der Waals surface area contributed by atoms with Gasteiger partial charge in [-0.3, -0.25) is 0 Å². The van der Waals surface area contributed by atoms with Crippen molar-refractivity contribution in [1.29, 1.82) is 0 Å². The molecule has 2 aromatic heterocycles. The second kappa shape index (κ2) is 4.37. The van der Waals surface area contributed by atoms with Crippen molar-refractivity contribution in [2.24, 2.45) is 0 Å². The molecule has 0 amide bonds. The summed E-state index contributed by atoms with van der Waals surface area (Å²) < 4.78 is 2.34. The van der Waals surface area contributed by atoms with Gasteiger partial charge in [0.15, 0.2) is 0 Å². The summed E-state index contributed by atoms with van der Waals surface area (Å²) in [6.45, 7) is 6.36. The molecule has 2 aromatic rings. The van der Waals surface area contributed by atoms with Crippen molar-refractivity contribution < 1.29 is 0 Å². The fraction of sp³-hybridized carbons (Fsp3) is 0.467. The van der Waals surface area contributed by atoms with Crippen LogP contribution in [-0.4, -0.2) is 14.5 Å². The number of nitrogens with zero attached hydrogens (tertiary/aromatic N) is 3. The molecule has 0 atom stereocenters. The van der Waals surface area contributed by atoms with Gasteiger partial charge in [0.25, 0.3) is 0 Å². The summed E-state index contributed by atoms with van der Waals surface area (Å²) in [6, 6.07) is 2.72. The molecule has 2 N–H and O–H groups in total. The first-order valence-corrected chi connectivity index (χ1v) is 6.87. The van der Waals surface area contributed by atoms with Gasteiger partial charge in [0.2, 0.25) is 0 Å². The van der Waals surface area contributed by atoms with Crippen LogP contribution in [0.3, 0.4) is 0 Å². The predicted molar refractivity (Wildman–Crippen MR) is 77.0 cm³/mol. The van der Waals surface area contributed by atoms with Crippen LogP contribution in [0.15, 0.2) is 18.5 Å². The minimum Gasteiger partial charge on any atom is -0.383 e. The number of rotatable bonds is 3. The number of pyridine rings is 1. The van der Waals surface area contributed by atoms with Crippen LogP contribution in [0.5, 0.6) is 0 Å². The van der Waals surface area contributed by atoms with Crippen LogP contribution in [0.1, 0.15) is 50.0 Å². The van der Waals surface area contributed by atoms with Gasteiger partial charge >= 0.3 is 0 Å². The van der Waals surface area contributed by atoms with Gasteiger partial charge in [0, 0.05) is 29.9 Å². The first-order valence-electron chi connectivity index (χ1n) is 6.87. The molecule has 1 aliphatic rings. The van der Waals surface area contributed by atoms with Crippen LogP contribution >= 0.6 is 0 Å². The third-order valence-electron chi connectivity index (χ3n) is 3.63. The van der Waals surface area contributed by atoms with Crippen LogP contribution < -0.4 is 5.73 Å². The summed E-state index contributed by atoms with van der Waals surface area (Å²) in [5, 5.41) is 0. The molecule has 0 radical (unpaired) electrons. The summed E-state index contributed by atoms with van der Waals surface area (Å²) in [7, 11) is 0. The first kappa shape index (κ1) is 12.2. The lowest BCUT2D eigenvalue weighted by atomic mass is 10.1. The largest absolute Gasteiger partial charge is 0.383 e. The highest BCUT2D eigenvalue weighted by atomic mass is 15.1. The number of aryl methyl sites for hydroxylation is 1. The molecule has 4 heteroatoms. The van der Waals surface area contributed by atoms with E-state index < -0.39 is 0 Å². The first-order chi connectivity index (χ1) is 9.06. The smallest absolute Gasteiger partial charge is 0.126 e. The Morgan fingerprint density at radius 2 is 2.11 bits per heavy atom. The Labute approximate surface area is 113 Å². The fourth-order valence-electron chi connectivity index (χ4n) is 2.34. The van der Waals surface area contributed by atoms with Crippen LogP contribution in [0.25, 0.3) is 11.3 Å². The van der Waals surface area contributed by atoms with Crippen LogP contribution in [0, 0.1) is 6.92 Å². The minimum atomic E-state index is 0.442. The number of imidazole rings is 1. The predicted octanol–water partition coefficient (Wildman–Crippen LogP) is 3.29. The monoisotopic (exact) mass is 256 g/mol. The SMILES string of the molecule is Cc1cc(-c2cn(C3CC3)c(C(C)C)n2)cnc1N. The van der Waals surface area contributed by atoms with E-state index in [1.807, 2.05) is 13.1 Å². The summed E-state index contributed by atoms with van der Waals surface area (Å²) in [4.78, 5) is 9.02. The highest BCUT2D eigenvalue weighted by molar-refractivity contribution is 5.61. The fourth-order valence-corrected chi connectivity index (χ4v) is 2.34. The number of hydrogen-bond donors (Lipinski definition) is 1. The van der Waals surface area contributed by atoms with Gasteiger partial charge in [0.05, 0.1) is 5.69 Å². The second-order valence-electron chi connectivity index (χ2n) is 5.70. The average Bonchev–Trinajstić information content (AvgIpc) is 3.11. The van der Waals surface area contributed by atoms with Crippen molar-refractivity contribution in [2.75, 3.05) is 5.73 Å². The Hall–Kier alpha value is -1.84. The molecule has 1 aliphatic carbocycles. The molecule has 100 valence electrons. The summed E-state index contributed by atoms with van der Waals surface area (Å²) in [6.07, 6.45) is 6.52. The van der Waals surface area contributed by atoms with E-state index in [-0.39, 0.29) is 0 Å². The van der Waals surface area contributed by atoms with Gasteiger partial charge in [-0.1, -0.05) is 13.8 Å². The molecule has 0 saturated heterocycles. The van der Waals surface area contributed by atoms with E-state index in [0.717, 1.165) is 16.8 Å². The van der Waals surface area contributed by atoms with E-state index >= 15 is 0 Å². The lowest BCUT2D eigenvalue weighted by molar-refractivity contribution is 0.640. The Balaban J connectivity index is 2.04. The molecule has 0 aliphatic heterocycles. The number of nitrogen functional groups attached to an aromatic ring is 1. The van der Waals surface area contributed by atoms with Crippen molar-refractivity contribution in [3.63, 3.8) is 0 Å². The quantitative estimate of drug-likeness (QED) is 0.916. The summed E-state index contributed by atoms with van der Waals surface area (Å²) in [5.74, 6) is 2.21. The van der Waals surface area contributed by atoms with Gasteiger partial charge in [0.1, 0.15) is 11.6 Å². The van der Waals surface area contributed by atoms with Gasteiger partial charge in [-0.25, -0.2) is 9.97 Å². The Bertz CT molecular complexity index is 589. The van der Waals surface area contributed by atoms with Crippen LogP contribution in [0.4, 0.5) is 5.82 Å². The van der Waals surface area contributed by atoms with E-state index in [4.69, 9.17) is 10.7 Å². The molecule has 3 rings (SSSR count). The van der Waals surface area contributed by atoms with E-state index in [1.54, 1.807) is 0 Å². The highest BCUT2D eigenvalue weighted by Gasteiger charge is 2.27. The van der Waals surface area contributed by atoms with Gasteiger partial charge < -0.3 is 10.3 Å². The maximum atomic E-state index is 5.77. The number of aromatic nitrogens is 3. The topological polar surface area (TPSA) is 56.7 Å². The third kappa shape index (κ3) is 2.23. The molecule has 0 spiro atoms. The lowest BCUT2D eigenvalue weighted by Crippen LogP contribution is -2.01. The Kier molecular flexibility index (Phi) is 2.81. The van der Waals surface area contributed by atoms with Crippen molar-refractivity contribution in [3.8, 4) is 11.3 Å². The minimum absolute atomic E-state index is 0.442. The molecule has 2 heterocycles. The maximum Gasteiger partial charge on any atom is 0.126 e. The second-order valence-corrected chi connectivity index (χ2v) is 5.70. The Morgan fingerprint density at radius 1 is 1.37 bits per heavy atom. The van der Waals surface area contributed by atoms with Crippen molar-refractivity contribution in [2.45, 2.75) is 45.6 Å². The van der Waals surface area contributed by atoms with Gasteiger partial charge in [-0.05, 0) is 31.4 Å². The molecule has 4 nitrogen and oxygen atoms in total. The van der Waals surface area contributed by atoms with E-state index in [1.165, 1.54) is 18.7 Å². The van der Waals surface area contributed by atoms with Crippen molar-refractivity contribution in [3.05, 3.63) is 29.8 Å². The Morgan fingerprint density at radius 3 is 2.68 bits per heavy atom. The third-order valence-corrected chi connectivity index (χ3v) is 3.63. The molecule has 0 bridgehead atoms. The lowest BCUT2D eigenvalue weighted by Gasteiger charge is -2.07. The van der Waals surface area contributed by atoms with Crippen LogP contribution in [-0.2, 0) is 0 Å². The van der Waals surface area contributed by atoms with Gasteiger partial charge in [-0.15, -0.1) is 0 Å². The normalized spacial score (nSPS) is 15.2. The zero-order valence-corrected chi connectivity index (χ0v) is 11.7. The van der Waals surface area contributed by atoms with E-state index in [0.29, 0.717) is 17.8 Å². The molecule has 0 unspecified atom stereocenters. The summed E-state index contributed by atoms with van der Waals surface area (Å²) >= 11 is 0. The summed E-state index contributed by atoms with van der Waals surface area (Å²) in [5.41, 5.74) is 8.83. The van der Waals surface area contributed by atoms with Gasteiger partial charge in [-0.2, -0.15) is 0 Å². The molecular formula is C15H20N4. The molecule has 1 fully saturated rings. The van der Waals surface area contributed by atoms with Crippen LogP contribution in [0.2, 0.25) is 0 Å². The van der Waals surface area contributed by atoms with Crippen molar-refractivity contribution in [1.82, 2.24) is 14.5 Å².